The van der Waals surface area contributed by atoms with Crippen LogP contribution in [0.4, 0.5) is 0 Å². The van der Waals surface area contributed by atoms with Gasteiger partial charge in [-0.05, 0) is 73.0 Å². The topological polar surface area (TPSA) is 124 Å². The Morgan fingerprint density at radius 2 is 1.69 bits per heavy atom. The third-order valence-corrected chi connectivity index (χ3v) is 9.82. The number of fused-ring (bicyclic) bond motifs is 5. The van der Waals surface area contributed by atoms with Gasteiger partial charge < -0.3 is 15.3 Å². The van der Waals surface area contributed by atoms with Gasteiger partial charge in [0.25, 0.3) is 0 Å². The molecule has 0 aromatic carbocycles. The van der Waals surface area contributed by atoms with Crippen LogP contribution in [0.1, 0.15) is 52.4 Å². The van der Waals surface area contributed by atoms with Crippen molar-refractivity contribution in [1.82, 2.24) is 0 Å². The van der Waals surface area contributed by atoms with Crippen LogP contribution in [-0.4, -0.2) is 52.7 Å². The molecule has 0 aromatic heterocycles. The van der Waals surface area contributed by atoms with Crippen molar-refractivity contribution < 1.29 is 32.5 Å². The highest BCUT2D eigenvalue weighted by molar-refractivity contribution is 7.80. The van der Waals surface area contributed by atoms with Gasteiger partial charge in [0.15, 0.2) is 0 Å². The molecule has 0 radical (unpaired) electrons. The minimum absolute atomic E-state index is 0.00264. The van der Waals surface area contributed by atoms with E-state index in [1.54, 1.807) is 0 Å². The molecule has 0 heterocycles. The molecule has 4 aliphatic carbocycles. The zero-order valence-electron chi connectivity index (χ0n) is 17.1. The summed E-state index contributed by atoms with van der Waals surface area (Å²) in [5, 5.41) is 31.9. The van der Waals surface area contributed by atoms with Crippen LogP contribution in [0.2, 0.25) is 0 Å². The fraction of sp³-hybridized carbons (Fsp3) is 0.905. The van der Waals surface area contributed by atoms with Gasteiger partial charge in [0.05, 0.1) is 12.2 Å². The third kappa shape index (κ3) is 3.22. The Labute approximate surface area is 173 Å². The second-order valence-electron chi connectivity index (χ2n) is 10.4. The standard InChI is InChI=1S/C21H34O7S/c1-4-12-16(22)9-15-11-5-6-14-18(23)19(24)17(28-29(25,26)27)10-21(14,3)13(11)7-8-20(12,15)2/h4,11-19,22-24H,1,5-10H2,2-3H3,(H,25,26,27). The molecule has 0 amide bonds. The Kier molecular flexibility index (Phi) is 5.24. The molecule has 4 aliphatic rings. The Bertz CT molecular complexity index is 769. The first-order chi connectivity index (χ1) is 13.4. The molecule has 0 saturated heterocycles. The quantitative estimate of drug-likeness (QED) is 0.398. The average Bonchev–Trinajstić information content (AvgIpc) is 2.87. The molecule has 11 unspecified atom stereocenters. The van der Waals surface area contributed by atoms with Crippen LogP contribution in [-0.2, 0) is 14.6 Å². The molecule has 4 rings (SSSR count). The largest absolute Gasteiger partial charge is 0.397 e. The number of aliphatic hydroxyl groups excluding tert-OH is 3. The van der Waals surface area contributed by atoms with Crippen LogP contribution in [0, 0.1) is 40.4 Å². The number of aliphatic hydroxyl groups is 3. The predicted octanol–water partition coefficient (Wildman–Crippen LogP) is 1.93. The molecule has 11 atom stereocenters. The van der Waals surface area contributed by atoms with Crippen molar-refractivity contribution in [3.8, 4) is 0 Å². The summed E-state index contributed by atoms with van der Waals surface area (Å²) < 4.78 is 36.5. The van der Waals surface area contributed by atoms with E-state index < -0.39 is 34.1 Å². The van der Waals surface area contributed by atoms with E-state index in [1.807, 2.05) is 6.08 Å². The van der Waals surface area contributed by atoms with Crippen molar-refractivity contribution in [2.45, 2.75) is 76.8 Å². The van der Waals surface area contributed by atoms with Crippen LogP contribution < -0.4 is 0 Å². The molecule has 4 fully saturated rings. The van der Waals surface area contributed by atoms with Gasteiger partial charge in [-0.25, -0.2) is 4.18 Å². The Hall–Kier alpha value is -0.510. The summed E-state index contributed by atoms with van der Waals surface area (Å²) in [6.07, 6.45) is 2.45. The van der Waals surface area contributed by atoms with Gasteiger partial charge in [-0.3, -0.25) is 4.55 Å². The number of rotatable bonds is 3. The van der Waals surface area contributed by atoms with E-state index in [0.717, 1.165) is 32.1 Å². The molecule has 0 aliphatic heterocycles. The summed E-state index contributed by atoms with van der Waals surface area (Å²) in [5.41, 5.74) is -0.405. The maximum absolute atomic E-state index is 11.3. The summed E-state index contributed by atoms with van der Waals surface area (Å²) in [7, 11) is -4.73. The van der Waals surface area contributed by atoms with Gasteiger partial charge in [0.2, 0.25) is 0 Å². The van der Waals surface area contributed by atoms with Crippen molar-refractivity contribution in [3.63, 3.8) is 0 Å². The van der Waals surface area contributed by atoms with E-state index in [9.17, 15) is 23.7 Å². The van der Waals surface area contributed by atoms with Crippen LogP contribution in [0.3, 0.4) is 0 Å². The molecule has 29 heavy (non-hydrogen) atoms. The molecule has 0 bridgehead atoms. The molecular weight excluding hydrogens is 396 g/mol. The maximum atomic E-state index is 11.3. The van der Waals surface area contributed by atoms with Crippen molar-refractivity contribution in [3.05, 3.63) is 12.7 Å². The van der Waals surface area contributed by atoms with E-state index in [0.29, 0.717) is 11.8 Å². The van der Waals surface area contributed by atoms with Crippen molar-refractivity contribution >= 4 is 10.4 Å². The summed E-state index contributed by atoms with van der Waals surface area (Å²) in [6.45, 7) is 8.29. The maximum Gasteiger partial charge on any atom is 0.397 e. The Morgan fingerprint density at radius 1 is 1.00 bits per heavy atom. The van der Waals surface area contributed by atoms with Crippen molar-refractivity contribution in [2.24, 2.45) is 40.4 Å². The van der Waals surface area contributed by atoms with Gasteiger partial charge in [-0.15, -0.1) is 6.58 Å². The normalized spacial score (nSPS) is 54.9. The van der Waals surface area contributed by atoms with E-state index in [-0.39, 0.29) is 35.7 Å². The minimum atomic E-state index is -4.73. The predicted molar refractivity (Wildman–Crippen MR) is 106 cm³/mol. The van der Waals surface area contributed by atoms with Gasteiger partial charge in [-0.2, -0.15) is 8.42 Å². The summed E-state index contributed by atoms with van der Waals surface area (Å²) in [5.74, 6) is 0.884. The van der Waals surface area contributed by atoms with Gasteiger partial charge in [0.1, 0.15) is 12.2 Å². The highest BCUT2D eigenvalue weighted by Crippen LogP contribution is 2.67. The second kappa shape index (κ2) is 7.00. The third-order valence-electron chi connectivity index (χ3n) is 9.33. The van der Waals surface area contributed by atoms with E-state index >= 15 is 0 Å². The fourth-order valence-corrected chi connectivity index (χ4v) is 8.58. The zero-order chi connectivity index (χ0) is 21.4. The molecule has 4 saturated carbocycles. The lowest BCUT2D eigenvalue weighted by Crippen LogP contribution is -2.62. The second-order valence-corrected chi connectivity index (χ2v) is 11.5. The van der Waals surface area contributed by atoms with Crippen LogP contribution >= 0.6 is 0 Å². The number of hydrogen-bond donors (Lipinski definition) is 4. The van der Waals surface area contributed by atoms with E-state index in [4.69, 9.17) is 8.74 Å². The molecular formula is C21H34O7S. The van der Waals surface area contributed by atoms with E-state index in [1.165, 1.54) is 0 Å². The molecule has 166 valence electrons. The summed E-state index contributed by atoms with van der Waals surface area (Å²) >= 11 is 0. The lowest BCUT2D eigenvalue weighted by Gasteiger charge is -2.62. The molecule has 0 spiro atoms. The SMILES string of the molecule is C=CC1C(O)CC2C3CCC4C(O)C(O)C(OS(=O)(=O)O)CC4(C)C3CCC12C. The smallest absolute Gasteiger partial charge is 0.392 e. The number of hydrogen-bond acceptors (Lipinski definition) is 6. The molecule has 8 heteroatoms. The lowest BCUT2D eigenvalue weighted by molar-refractivity contribution is -0.202. The molecule has 0 aromatic rings. The van der Waals surface area contributed by atoms with Crippen LogP contribution in [0.5, 0.6) is 0 Å². The summed E-state index contributed by atoms with van der Waals surface area (Å²) in [6, 6.07) is 0. The fourth-order valence-electron chi connectivity index (χ4n) is 8.09. The first-order valence-corrected chi connectivity index (χ1v) is 12.1. The first kappa shape index (κ1) is 21.7. The average molecular weight is 431 g/mol. The van der Waals surface area contributed by atoms with Crippen LogP contribution in [0.25, 0.3) is 0 Å². The van der Waals surface area contributed by atoms with Gasteiger partial charge in [0, 0.05) is 5.92 Å². The molecule has 4 N–H and O–H groups in total. The Balaban J connectivity index is 1.65. The first-order valence-electron chi connectivity index (χ1n) is 10.7. The van der Waals surface area contributed by atoms with Gasteiger partial charge in [-0.1, -0.05) is 19.9 Å². The minimum Gasteiger partial charge on any atom is -0.392 e. The zero-order valence-corrected chi connectivity index (χ0v) is 18.0. The highest BCUT2D eigenvalue weighted by atomic mass is 32.3. The van der Waals surface area contributed by atoms with Gasteiger partial charge >= 0.3 is 10.4 Å². The molecule has 7 nitrogen and oxygen atoms in total. The highest BCUT2D eigenvalue weighted by Gasteiger charge is 2.64. The van der Waals surface area contributed by atoms with Crippen molar-refractivity contribution in [2.75, 3.05) is 0 Å². The monoisotopic (exact) mass is 430 g/mol. The van der Waals surface area contributed by atoms with E-state index in [2.05, 4.69) is 20.4 Å². The summed E-state index contributed by atoms with van der Waals surface area (Å²) in [4.78, 5) is 0. The lowest BCUT2D eigenvalue weighted by atomic mass is 9.44. The van der Waals surface area contributed by atoms with Crippen molar-refractivity contribution in [1.29, 1.82) is 0 Å². The van der Waals surface area contributed by atoms with Crippen LogP contribution in [0.15, 0.2) is 12.7 Å². The Morgan fingerprint density at radius 3 is 2.31 bits per heavy atom.